The predicted octanol–water partition coefficient (Wildman–Crippen LogP) is 0.436. The fraction of sp³-hybridized carbons (Fsp3) is 0.818. The zero-order chi connectivity index (χ0) is 13.1. The summed E-state index contributed by atoms with van der Waals surface area (Å²) in [5.74, 6) is -0.514. The van der Waals surface area contributed by atoms with Crippen LogP contribution in [-0.2, 0) is 9.59 Å². The number of thioether (sulfide) groups is 1. The molecule has 5 nitrogen and oxygen atoms in total. The Morgan fingerprint density at radius 3 is 2.59 bits per heavy atom. The van der Waals surface area contributed by atoms with Crippen LogP contribution in [0.15, 0.2) is 0 Å². The molecule has 0 aromatic heterocycles. The lowest BCUT2D eigenvalue weighted by Crippen LogP contribution is -2.57. The first kappa shape index (κ1) is 14.3. The van der Waals surface area contributed by atoms with Crippen LogP contribution in [-0.4, -0.2) is 40.6 Å². The van der Waals surface area contributed by atoms with Crippen molar-refractivity contribution in [1.82, 2.24) is 5.32 Å². The minimum Gasteiger partial charge on any atom is -0.480 e. The van der Waals surface area contributed by atoms with Gasteiger partial charge in [-0.2, -0.15) is 11.8 Å². The Labute approximate surface area is 106 Å². The second-order valence-corrected chi connectivity index (χ2v) is 5.64. The summed E-state index contributed by atoms with van der Waals surface area (Å²) < 4.78 is 0. The topological polar surface area (TPSA) is 92.4 Å². The monoisotopic (exact) mass is 260 g/mol. The van der Waals surface area contributed by atoms with E-state index in [4.69, 9.17) is 5.73 Å². The molecular weight excluding hydrogens is 240 g/mol. The highest BCUT2D eigenvalue weighted by Crippen LogP contribution is 2.39. The van der Waals surface area contributed by atoms with Gasteiger partial charge in [0.1, 0.15) is 5.54 Å². The molecule has 1 unspecified atom stereocenters. The number of carboxylic acid groups (broad SMARTS) is 1. The first-order valence-electron chi connectivity index (χ1n) is 5.71. The maximum atomic E-state index is 11.8. The quantitative estimate of drug-likeness (QED) is 0.617. The second kappa shape index (κ2) is 5.73. The molecule has 0 heterocycles. The molecule has 0 aromatic rings. The van der Waals surface area contributed by atoms with Crippen molar-refractivity contribution >= 4 is 23.6 Å². The van der Waals surface area contributed by atoms with E-state index in [1.807, 2.05) is 6.26 Å². The van der Waals surface area contributed by atoms with E-state index in [1.165, 1.54) is 0 Å². The molecule has 0 spiro atoms. The number of nitrogens with one attached hydrogen (secondary N) is 1. The average Bonchev–Trinajstić information content (AvgIpc) is 3.09. The Hall–Kier alpha value is -0.750. The Morgan fingerprint density at radius 1 is 1.59 bits per heavy atom. The fourth-order valence-corrected chi connectivity index (χ4v) is 2.21. The summed E-state index contributed by atoms with van der Waals surface area (Å²) in [4.78, 5) is 23.0. The molecule has 2 atom stereocenters. The number of nitrogens with two attached hydrogens (primary N) is 1. The molecule has 4 N–H and O–H groups in total. The standard InChI is InChI=1S/C11H20N2O3S/c1-11(10(15)16,7-3-4-7)13-9(14)8(12)5-6-17-2/h7-8H,3-6,12H2,1-2H3,(H,13,14)(H,15,16)/t8-,11?/m0/s1. The molecule has 17 heavy (non-hydrogen) atoms. The Kier molecular flexibility index (Phi) is 4.82. The van der Waals surface area contributed by atoms with Crippen molar-refractivity contribution in [3.63, 3.8) is 0 Å². The summed E-state index contributed by atoms with van der Waals surface area (Å²) in [7, 11) is 0. The minimum absolute atomic E-state index is 0.0386. The van der Waals surface area contributed by atoms with Gasteiger partial charge in [-0.15, -0.1) is 0 Å². The zero-order valence-corrected chi connectivity index (χ0v) is 11.0. The van der Waals surface area contributed by atoms with Crippen LogP contribution in [0, 0.1) is 5.92 Å². The van der Waals surface area contributed by atoms with Crippen molar-refractivity contribution in [1.29, 1.82) is 0 Å². The fourth-order valence-electron chi connectivity index (χ4n) is 1.72. The summed E-state index contributed by atoms with van der Waals surface area (Å²) in [5.41, 5.74) is 4.55. The second-order valence-electron chi connectivity index (χ2n) is 4.66. The number of hydrogen-bond acceptors (Lipinski definition) is 4. The van der Waals surface area contributed by atoms with Crippen LogP contribution in [0.2, 0.25) is 0 Å². The van der Waals surface area contributed by atoms with E-state index in [-0.39, 0.29) is 11.8 Å². The minimum atomic E-state index is -1.16. The summed E-state index contributed by atoms with van der Waals surface area (Å²) in [5, 5.41) is 11.8. The van der Waals surface area contributed by atoms with Crippen molar-refractivity contribution in [2.45, 2.75) is 37.8 Å². The van der Waals surface area contributed by atoms with Crippen molar-refractivity contribution in [3.8, 4) is 0 Å². The first-order valence-corrected chi connectivity index (χ1v) is 7.11. The SMILES string of the molecule is CSCC[C@H](N)C(=O)NC(C)(C(=O)O)C1CC1. The van der Waals surface area contributed by atoms with E-state index < -0.39 is 17.6 Å². The maximum absolute atomic E-state index is 11.8. The number of amides is 1. The number of carboxylic acids is 1. The molecule has 1 aliphatic carbocycles. The van der Waals surface area contributed by atoms with Gasteiger partial charge < -0.3 is 16.2 Å². The largest absolute Gasteiger partial charge is 0.480 e. The van der Waals surface area contributed by atoms with E-state index >= 15 is 0 Å². The molecule has 1 saturated carbocycles. The highest BCUT2D eigenvalue weighted by Gasteiger charge is 2.48. The van der Waals surface area contributed by atoms with Gasteiger partial charge in [-0.05, 0) is 44.1 Å². The third-order valence-electron chi connectivity index (χ3n) is 3.19. The normalized spacial score (nSPS) is 20.4. The Bertz CT molecular complexity index is 307. The van der Waals surface area contributed by atoms with E-state index in [9.17, 15) is 14.7 Å². The molecule has 0 saturated heterocycles. The summed E-state index contributed by atoms with van der Waals surface area (Å²) in [6.07, 6.45) is 4.20. The number of carbonyl (C=O) groups excluding carboxylic acids is 1. The number of carbonyl (C=O) groups is 2. The summed E-state index contributed by atoms with van der Waals surface area (Å²) >= 11 is 1.61. The maximum Gasteiger partial charge on any atom is 0.329 e. The van der Waals surface area contributed by atoms with E-state index in [0.717, 1.165) is 18.6 Å². The van der Waals surface area contributed by atoms with Crippen molar-refractivity contribution in [2.24, 2.45) is 11.7 Å². The van der Waals surface area contributed by atoms with Gasteiger partial charge in [0.15, 0.2) is 0 Å². The molecule has 1 rings (SSSR count). The molecule has 1 aliphatic rings. The van der Waals surface area contributed by atoms with E-state index in [0.29, 0.717) is 6.42 Å². The van der Waals surface area contributed by atoms with Crippen LogP contribution < -0.4 is 11.1 Å². The first-order chi connectivity index (χ1) is 7.91. The van der Waals surface area contributed by atoms with Crippen LogP contribution in [0.25, 0.3) is 0 Å². The van der Waals surface area contributed by atoms with Crippen LogP contribution in [0.4, 0.5) is 0 Å². The molecular formula is C11H20N2O3S. The molecule has 0 bridgehead atoms. The van der Waals surface area contributed by atoms with Crippen molar-refractivity contribution < 1.29 is 14.7 Å². The highest BCUT2D eigenvalue weighted by atomic mass is 32.2. The van der Waals surface area contributed by atoms with Gasteiger partial charge in [-0.25, -0.2) is 4.79 Å². The predicted molar refractivity (Wildman–Crippen MR) is 67.9 cm³/mol. The van der Waals surface area contributed by atoms with E-state index in [1.54, 1.807) is 18.7 Å². The average molecular weight is 260 g/mol. The molecule has 1 amide bonds. The molecule has 0 radical (unpaired) electrons. The van der Waals surface area contributed by atoms with Crippen molar-refractivity contribution in [3.05, 3.63) is 0 Å². The molecule has 1 fully saturated rings. The van der Waals surface area contributed by atoms with Gasteiger partial charge in [-0.3, -0.25) is 4.79 Å². The summed E-state index contributed by atoms with van der Waals surface area (Å²) in [6.45, 7) is 1.56. The lowest BCUT2D eigenvalue weighted by molar-refractivity contribution is -0.148. The lowest BCUT2D eigenvalue weighted by atomic mass is 9.95. The Balaban J connectivity index is 2.55. The molecule has 98 valence electrons. The number of hydrogen-bond donors (Lipinski definition) is 3. The molecule has 0 aromatic carbocycles. The van der Waals surface area contributed by atoms with Crippen LogP contribution in [0.1, 0.15) is 26.2 Å². The van der Waals surface area contributed by atoms with Crippen LogP contribution in [0.3, 0.4) is 0 Å². The third-order valence-corrected chi connectivity index (χ3v) is 3.83. The van der Waals surface area contributed by atoms with Gasteiger partial charge >= 0.3 is 5.97 Å². The highest BCUT2D eigenvalue weighted by molar-refractivity contribution is 7.98. The van der Waals surface area contributed by atoms with Crippen LogP contribution in [0.5, 0.6) is 0 Å². The molecule has 0 aliphatic heterocycles. The van der Waals surface area contributed by atoms with Crippen molar-refractivity contribution in [2.75, 3.05) is 12.0 Å². The van der Waals surface area contributed by atoms with Gasteiger partial charge in [0.05, 0.1) is 6.04 Å². The van der Waals surface area contributed by atoms with Gasteiger partial charge in [0, 0.05) is 0 Å². The van der Waals surface area contributed by atoms with Crippen LogP contribution >= 0.6 is 11.8 Å². The van der Waals surface area contributed by atoms with Gasteiger partial charge in [0.25, 0.3) is 0 Å². The zero-order valence-electron chi connectivity index (χ0n) is 10.2. The van der Waals surface area contributed by atoms with Gasteiger partial charge in [-0.1, -0.05) is 0 Å². The number of aliphatic carboxylic acids is 1. The van der Waals surface area contributed by atoms with Gasteiger partial charge in [0.2, 0.25) is 5.91 Å². The summed E-state index contributed by atoms with van der Waals surface area (Å²) in [6, 6.07) is -0.625. The molecule has 6 heteroatoms. The number of rotatable bonds is 7. The Morgan fingerprint density at radius 2 is 2.18 bits per heavy atom. The third kappa shape index (κ3) is 3.61. The van der Waals surface area contributed by atoms with E-state index in [2.05, 4.69) is 5.32 Å². The lowest BCUT2D eigenvalue weighted by Gasteiger charge is -2.27. The smallest absolute Gasteiger partial charge is 0.329 e.